The highest BCUT2D eigenvalue weighted by Gasteiger charge is 2.40. The van der Waals surface area contributed by atoms with Gasteiger partial charge in [0.2, 0.25) is 0 Å². The van der Waals surface area contributed by atoms with E-state index < -0.39 is 52.2 Å². The summed E-state index contributed by atoms with van der Waals surface area (Å²) in [7, 11) is 0. The number of anilines is 1. The zero-order valence-corrected chi connectivity index (χ0v) is 21.1. The van der Waals surface area contributed by atoms with Gasteiger partial charge in [-0.2, -0.15) is 13.2 Å². The second-order valence-electron chi connectivity index (χ2n) is 9.62. The lowest BCUT2D eigenvalue weighted by Crippen LogP contribution is -2.49. The van der Waals surface area contributed by atoms with Crippen LogP contribution in [0.4, 0.5) is 27.6 Å². The summed E-state index contributed by atoms with van der Waals surface area (Å²) >= 11 is 6.28. The summed E-state index contributed by atoms with van der Waals surface area (Å²) < 4.78 is 78.8. The number of aliphatic hydroxyl groups excluding tert-OH is 1. The molecule has 2 amide bonds. The predicted molar refractivity (Wildman–Crippen MR) is 132 cm³/mol. The summed E-state index contributed by atoms with van der Waals surface area (Å²) in [6.45, 7) is 0.234. The highest BCUT2D eigenvalue weighted by atomic mass is 35.5. The number of alkyl halides is 3. The van der Waals surface area contributed by atoms with Crippen molar-refractivity contribution >= 4 is 29.1 Å². The van der Waals surface area contributed by atoms with Crippen LogP contribution in [0.25, 0.3) is 0 Å². The van der Waals surface area contributed by atoms with E-state index in [0.29, 0.717) is 12.1 Å². The molecule has 1 fully saturated rings. The molecule has 3 N–H and O–H groups in total. The molecule has 2 heterocycles. The molecule has 1 atom stereocenters. The van der Waals surface area contributed by atoms with Crippen LogP contribution in [0.5, 0.6) is 5.75 Å². The van der Waals surface area contributed by atoms with Crippen LogP contribution in [0.2, 0.25) is 5.02 Å². The van der Waals surface area contributed by atoms with Crippen LogP contribution >= 0.6 is 11.6 Å². The van der Waals surface area contributed by atoms with Crippen molar-refractivity contribution in [1.29, 1.82) is 0 Å². The van der Waals surface area contributed by atoms with Gasteiger partial charge in [-0.05, 0) is 42.5 Å². The first-order valence-electron chi connectivity index (χ1n) is 11.8. The first-order valence-corrected chi connectivity index (χ1v) is 12.2. The van der Waals surface area contributed by atoms with Gasteiger partial charge in [-0.15, -0.1) is 0 Å². The molecule has 7 nitrogen and oxygen atoms in total. The monoisotopic (exact) mass is 582 g/mol. The summed E-state index contributed by atoms with van der Waals surface area (Å²) in [5.41, 5.74) is -2.40. The molecule has 0 bridgehead atoms. The average molecular weight is 583 g/mol. The maximum absolute atomic E-state index is 14.1. The highest BCUT2D eigenvalue weighted by Crippen LogP contribution is 2.42. The lowest BCUT2D eigenvalue weighted by atomic mass is 9.88. The van der Waals surface area contributed by atoms with Gasteiger partial charge in [0.15, 0.2) is 0 Å². The van der Waals surface area contributed by atoms with Gasteiger partial charge in [0, 0.05) is 27.8 Å². The summed E-state index contributed by atoms with van der Waals surface area (Å²) in [5, 5.41) is 14.9. The molecule has 3 aromatic carbocycles. The van der Waals surface area contributed by atoms with Gasteiger partial charge in [0.1, 0.15) is 24.0 Å². The van der Waals surface area contributed by atoms with Crippen molar-refractivity contribution in [2.45, 2.75) is 12.2 Å². The molecule has 0 aliphatic carbocycles. The fourth-order valence-electron chi connectivity index (χ4n) is 4.49. The second-order valence-corrected chi connectivity index (χ2v) is 10.0. The molecular weight excluding hydrogens is 563 g/mol. The number of hydrogen-bond acceptors (Lipinski definition) is 5. The quantitative estimate of drug-likeness (QED) is 0.337. The molecule has 3 aromatic rings. The number of aliphatic hydroxyl groups is 1. The minimum Gasteiger partial charge on any atom is -0.493 e. The third-order valence-corrected chi connectivity index (χ3v) is 7.01. The Balaban J connectivity index is 1.57. The van der Waals surface area contributed by atoms with Crippen molar-refractivity contribution in [3.05, 3.63) is 93.0 Å². The molecule has 210 valence electrons. The van der Waals surface area contributed by atoms with Gasteiger partial charge in [0.05, 0.1) is 48.1 Å². The number of hydrogen-bond donors (Lipinski definition) is 3. The smallest absolute Gasteiger partial charge is 0.416 e. The number of carbonyl (C=O) groups excluding carboxylic acids is 2. The molecule has 0 aromatic heterocycles. The molecule has 2 aliphatic rings. The SMILES string of the molecule is O=C(Nc1cc(OCC2(CO)COC2)cc2c1C(c1cc(F)ccc1Cl)NC2=O)c1cc(F)cc(C(F)(F)F)c1. The Bertz CT molecular complexity index is 1500. The third kappa shape index (κ3) is 5.34. The van der Waals surface area contributed by atoms with Crippen LogP contribution in [0, 0.1) is 17.0 Å². The van der Waals surface area contributed by atoms with Gasteiger partial charge < -0.3 is 25.2 Å². The molecule has 0 radical (unpaired) electrons. The van der Waals surface area contributed by atoms with Gasteiger partial charge >= 0.3 is 6.18 Å². The number of halogens is 6. The largest absolute Gasteiger partial charge is 0.493 e. The lowest BCUT2D eigenvalue weighted by Gasteiger charge is -2.39. The molecule has 1 unspecified atom stereocenters. The van der Waals surface area contributed by atoms with Crippen LogP contribution in [-0.4, -0.2) is 43.3 Å². The molecule has 1 saturated heterocycles. The average Bonchev–Trinajstić information content (AvgIpc) is 3.20. The molecule has 5 rings (SSSR count). The molecule has 0 spiro atoms. The fourth-order valence-corrected chi connectivity index (χ4v) is 4.72. The molecule has 0 saturated carbocycles. The van der Waals surface area contributed by atoms with Gasteiger partial charge in [-0.3, -0.25) is 9.59 Å². The number of nitrogens with one attached hydrogen (secondary N) is 2. The van der Waals surface area contributed by atoms with Crippen LogP contribution < -0.4 is 15.4 Å². The Kier molecular flexibility index (Phi) is 7.19. The maximum Gasteiger partial charge on any atom is 0.416 e. The lowest BCUT2D eigenvalue weighted by molar-refractivity contribution is -0.153. The van der Waals surface area contributed by atoms with E-state index in [1.807, 2.05) is 0 Å². The van der Waals surface area contributed by atoms with Gasteiger partial charge in [-0.1, -0.05) is 11.6 Å². The van der Waals surface area contributed by atoms with Crippen molar-refractivity contribution < 1.29 is 46.1 Å². The van der Waals surface area contributed by atoms with Crippen LogP contribution in [-0.2, 0) is 10.9 Å². The number of ether oxygens (including phenoxy) is 2. The molecule has 40 heavy (non-hydrogen) atoms. The van der Waals surface area contributed by atoms with Gasteiger partial charge in [-0.25, -0.2) is 8.78 Å². The summed E-state index contributed by atoms with van der Waals surface area (Å²) in [5.74, 6) is -3.56. The van der Waals surface area contributed by atoms with Crippen molar-refractivity contribution in [1.82, 2.24) is 5.32 Å². The Labute approximate surface area is 228 Å². The Morgan fingerprint density at radius 3 is 2.52 bits per heavy atom. The van der Waals surface area contributed by atoms with Crippen LogP contribution in [0.1, 0.15) is 43.4 Å². The second kappa shape index (κ2) is 10.3. The van der Waals surface area contributed by atoms with Gasteiger partial charge in [0.25, 0.3) is 11.8 Å². The Hall–Kier alpha value is -3.74. The standard InChI is InChI=1S/C27H20ClF5N2O5/c28-20-2-1-15(29)6-18(20)23-22-19(25(38)35-23)7-17(40-12-26(9-36)10-39-11-26)8-21(22)34-24(37)13-3-14(27(31,32)33)5-16(30)4-13/h1-8,23,36H,9-12H2,(H,34,37)(H,35,38). The topological polar surface area (TPSA) is 96.9 Å². The number of benzene rings is 3. The first kappa shape index (κ1) is 27.8. The molecule has 13 heteroatoms. The van der Waals surface area contributed by atoms with E-state index in [0.717, 1.165) is 12.1 Å². The predicted octanol–water partition coefficient (Wildman–Crippen LogP) is 5.11. The fraction of sp³-hybridized carbons (Fsp3) is 0.259. The zero-order chi connectivity index (χ0) is 28.8. The van der Waals surface area contributed by atoms with E-state index in [1.54, 1.807) is 0 Å². The summed E-state index contributed by atoms with van der Waals surface area (Å²) in [4.78, 5) is 26.1. The third-order valence-electron chi connectivity index (χ3n) is 6.66. The zero-order valence-electron chi connectivity index (χ0n) is 20.4. The van der Waals surface area contributed by atoms with Crippen LogP contribution in [0.15, 0.2) is 48.5 Å². The van der Waals surface area contributed by atoms with E-state index in [2.05, 4.69) is 10.6 Å². The van der Waals surface area contributed by atoms with E-state index in [1.165, 1.54) is 18.2 Å². The van der Waals surface area contributed by atoms with Crippen molar-refractivity contribution in [2.75, 3.05) is 31.7 Å². The summed E-state index contributed by atoms with van der Waals surface area (Å²) in [6, 6.07) is 6.54. The van der Waals surface area contributed by atoms with E-state index in [-0.39, 0.29) is 65.6 Å². The van der Waals surface area contributed by atoms with E-state index in [4.69, 9.17) is 21.1 Å². The van der Waals surface area contributed by atoms with E-state index in [9.17, 15) is 36.6 Å². The first-order chi connectivity index (χ1) is 18.9. The maximum atomic E-state index is 14.1. The minimum atomic E-state index is -4.91. The number of amides is 2. The minimum absolute atomic E-state index is 0.00468. The van der Waals surface area contributed by atoms with Crippen LogP contribution in [0.3, 0.4) is 0 Å². The van der Waals surface area contributed by atoms with E-state index >= 15 is 0 Å². The van der Waals surface area contributed by atoms with Crippen molar-refractivity contribution in [3.63, 3.8) is 0 Å². The normalized spacial score (nSPS) is 17.6. The highest BCUT2D eigenvalue weighted by molar-refractivity contribution is 6.31. The Morgan fingerprint density at radius 2 is 1.88 bits per heavy atom. The van der Waals surface area contributed by atoms with Crippen molar-refractivity contribution in [2.24, 2.45) is 5.41 Å². The molecule has 2 aliphatic heterocycles. The number of carbonyl (C=O) groups is 2. The number of rotatable bonds is 7. The molecular formula is C27H20ClF5N2O5. The number of fused-ring (bicyclic) bond motifs is 1. The Morgan fingerprint density at radius 1 is 1.12 bits per heavy atom. The summed E-state index contributed by atoms with van der Waals surface area (Å²) in [6.07, 6.45) is -4.91. The van der Waals surface area contributed by atoms with Crippen molar-refractivity contribution in [3.8, 4) is 5.75 Å².